The summed E-state index contributed by atoms with van der Waals surface area (Å²) in [7, 11) is 0. The number of amides is 1. The summed E-state index contributed by atoms with van der Waals surface area (Å²) in [6.07, 6.45) is 1.69. The molecule has 4 nitrogen and oxygen atoms in total. The lowest BCUT2D eigenvalue weighted by molar-refractivity contribution is -0.116. The van der Waals surface area contributed by atoms with Crippen molar-refractivity contribution < 1.29 is 9.53 Å². The second-order valence-electron chi connectivity index (χ2n) is 6.57. The zero-order valence-corrected chi connectivity index (χ0v) is 17.8. The monoisotopic (exact) mass is 480 g/mol. The second-order valence-corrected chi connectivity index (χ2v) is 8.34. The smallest absolute Gasteiger partial charge is 0.238 e. The van der Waals surface area contributed by atoms with Crippen molar-refractivity contribution in [3.8, 4) is 0 Å². The third kappa shape index (κ3) is 4.74. The Morgan fingerprint density at radius 3 is 2.46 bits per heavy atom. The number of carbonyl (C=O) groups is 1. The number of ether oxygens (including phenoxy) is 1. The number of halogens is 2. The SMILES string of the molecule is Cc1cc(NC(=O)CNC2(c3ccc(Br)cc3)CCOCC2)ccc1Br. The van der Waals surface area contributed by atoms with Crippen LogP contribution in [0.5, 0.6) is 0 Å². The molecule has 0 bridgehead atoms. The van der Waals surface area contributed by atoms with Crippen molar-refractivity contribution in [1.82, 2.24) is 5.32 Å². The van der Waals surface area contributed by atoms with E-state index >= 15 is 0 Å². The fourth-order valence-electron chi connectivity index (χ4n) is 3.23. The molecular weight excluding hydrogens is 460 g/mol. The van der Waals surface area contributed by atoms with E-state index in [0.29, 0.717) is 13.2 Å². The van der Waals surface area contributed by atoms with Gasteiger partial charge in [-0.1, -0.05) is 44.0 Å². The summed E-state index contributed by atoms with van der Waals surface area (Å²) in [5.74, 6) is -0.0466. The van der Waals surface area contributed by atoms with Crippen LogP contribution in [0.25, 0.3) is 0 Å². The first-order chi connectivity index (χ1) is 12.5. The molecule has 1 aliphatic rings. The Labute approximate surface area is 171 Å². The van der Waals surface area contributed by atoms with E-state index in [9.17, 15) is 4.79 Å². The molecule has 26 heavy (non-hydrogen) atoms. The molecule has 0 atom stereocenters. The number of nitrogens with one attached hydrogen (secondary N) is 2. The molecule has 0 radical (unpaired) electrons. The van der Waals surface area contributed by atoms with E-state index in [1.165, 1.54) is 5.56 Å². The van der Waals surface area contributed by atoms with Gasteiger partial charge in [0.05, 0.1) is 6.54 Å². The minimum Gasteiger partial charge on any atom is -0.381 e. The predicted octanol–water partition coefficient (Wildman–Crippen LogP) is 4.75. The molecule has 138 valence electrons. The first-order valence-electron chi connectivity index (χ1n) is 8.63. The van der Waals surface area contributed by atoms with Crippen LogP contribution in [-0.4, -0.2) is 25.7 Å². The highest BCUT2D eigenvalue weighted by Crippen LogP contribution is 2.32. The molecule has 1 amide bonds. The molecule has 1 heterocycles. The Hall–Kier alpha value is -1.21. The molecule has 3 rings (SSSR count). The minimum absolute atomic E-state index is 0.0466. The molecule has 2 N–H and O–H groups in total. The summed E-state index contributed by atoms with van der Waals surface area (Å²) in [5.41, 5.74) is 2.86. The summed E-state index contributed by atoms with van der Waals surface area (Å²) in [6, 6.07) is 14.1. The number of benzene rings is 2. The van der Waals surface area contributed by atoms with E-state index in [2.05, 4.69) is 54.6 Å². The molecule has 0 aliphatic carbocycles. The molecule has 1 fully saturated rings. The lowest BCUT2D eigenvalue weighted by atomic mass is 9.82. The summed E-state index contributed by atoms with van der Waals surface area (Å²) >= 11 is 6.96. The van der Waals surface area contributed by atoms with Crippen molar-refractivity contribution in [2.45, 2.75) is 25.3 Å². The number of hydrogen-bond donors (Lipinski definition) is 2. The van der Waals surface area contributed by atoms with Crippen LogP contribution in [0, 0.1) is 6.92 Å². The molecule has 0 spiro atoms. The molecular formula is C20H22Br2N2O2. The van der Waals surface area contributed by atoms with E-state index in [1.54, 1.807) is 0 Å². The van der Waals surface area contributed by atoms with Crippen LogP contribution >= 0.6 is 31.9 Å². The number of rotatable bonds is 5. The van der Waals surface area contributed by atoms with Gasteiger partial charge < -0.3 is 10.1 Å². The van der Waals surface area contributed by atoms with Gasteiger partial charge in [-0.05, 0) is 61.2 Å². The van der Waals surface area contributed by atoms with Crippen molar-refractivity contribution in [2.24, 2.45) is 0 Å². The quantitative estimate of drug-likeness (QED) is 0.647. The van der Waals surface area contributed by atoms with Crippen LogP contribution in [0.15, 0.2) is 51.4 Å². The molecule has 1 aliphatic heterocycles. The van der Waals surface area contributed by atoms with Gasteiger partial charge in [-0.2, -0.15) is 0 Å². The molecule has 1 saturated heterocycles. The van der Waals surface area contributed by atoms with Gasteiger partial charge in [0.25, 0.3) is 0 Å². The molecule has 0 aromatic heterocycles. The first kappa shape index (κ1) is 19.5. The maximum Gasteiger partial charge on any atom is 0.238 e. The van der Waals surface area contributed by atoms with Gasteiger partial charge in [0, 0.05) is 33.4 Å². The third-order valence-electron chi connectivity index (χ3n) is 4.77. The van der Waals surface area contributed by atoms with Gasteiger partial charge in [-0.15, -0.1) is 0 Å². The highest BCUT2D eigenvalue weighted by molar-refractivity contribution is 9.10. The standard InChI is InChI=1S/C20H22Br2N2O2/c1-14-12-17(6-7-18(14)22)24-19(25)13-23-20(8-10-26-11-9-20)15-2-4-16(21)5-3-15/h2-7,12,23H,8-11,13H2,1H3,(H,24,25). The van der Waals surface area contributed by atoms with Crippen molar-refractivity contribution in [3.05, 3.63) is 62.5 Å². The fourth-order valence-corrected chi connectivity index (χ4v) is 3.74. The van der Waals surface area contributed by atoms with Gasteiger partial charge in [-0.3, -0.25) is 10.1 Å². The summed E-state index contributed by atoms with van der Waals surface area (Å²) in [5, 5.41) is 6.47. The molecule has 2 aromatic carbocycles. The second kappa shape index (κ2) is 8.65. The van der Waals surface area contributed by atoms with Crippen molar-refractivity contribution in [2.75, 3.05) is 25.1 Å². The van der Waals surface area contributed by atoms with E-state index in [0.717, 1.165) is 33.0 Å². The van der Waals surface area contributed by atoms with Crippen molar-refractivity contribution in [3.63, 3.8) is 0 Å². The van der Waals surface area contributed by atoms with E-state index in [-0.39, 0.29) is 18.0 Å². The topological polar surface area (TPSA) is 50.4 Å². The van der Waals surface area contributed by atoms with Gasteiger partial charge >= 0.3 is 0 Å². The Kier molecular flexibility index (Phi) is 6.51. The number of aryl methyl sites for hydroxylation is 1. The maximum atomic E-state index is 12.5. The number of anilines is 1. The average Bonchev–Trinajstić information content (AvgIpc) is 2.64. The zero-order valence-electron chi connectivity index (χ0n) is 14.6. The van der Waals surface area contributed by atoms with Gasteiger partial charge in [0.1, 0.15) is 0 Å². The maximum absolute atomic E-state index is 12.5. The Morgan fingerprint density at radius 2 is 1.81 bits per heavy atom. The molecule has 6 heteroatoms. The first-order valence-corrected chi connectivity index (χ1v) is 10.2. The average molecular weight is 482 g/mol. The van der Waals surface area contributed by atoms with Gasteiger partial charge in [-0.25, -0.2) is 0 Å². The molecule has 0 unspecified atom stereocenters. The number of carbonyl (C=O) groups excluding carboxylic acids is 1. The Bertz CT molecular complexity index is 772. The van der Waals surface area contributed by atoms with Crippen LogP contribution in [0.1, 0.15) is 24.0 Å². The summed E-state index contributed by atoms with van der Waals surface area (Å²) in [4.78, 5) is 12.5. The largest absolute Gasteiger partial charge is 0.381 e. The van der Waals surface area contributed by atoms with Crippen molar-refractivity contribution >= 4 is 43.5 Å². The van der Waals surface area contributed by atoms with E-state index < -0.39 is 0 Å². The highest BCUT2D eigenvalue weighted by Gasteiger charge is 2.34. The molecule has 2 aromatic rings. The van der Waals surface area contributed by atoms with E-state index in [1.807, 2.05) is 37.3 Å². The van der Waals surface area contributed by atoms with Gasteiger partial charge in [0.15, 0.2) is 0 Å². The Balaban J connectivity index is 1.68. The summed E-state index contributed by atoms with van der Waals surface area (Å²) < 4.78 is 7.62. The van der Waals surface area contributed by atoms with E-state index in [4.69, 9.17) is 4.74 Å². The molecule has 0 saturated carbocycles. The Morgan fingerprint density at radius 1 is 1.12 bits per heavy atom. The predicted molar refractivity (Wildman–Crippen MR) is 111 cm³/mol. The fraction of sp³-hybridized carbons (Fsp3) is 0.350. The van der Waals surface area contributed by atoms with Crippen LogP contribution in [0.2, 0.25) is 0 Å². The minimum atomic E-state index is -0.230. The zero-order chi connectivity index (χ0) is 18.6. The lowest BCUT2D eigenvalue weighted by Crippen LogP contribution is -2.49. The van der Waals surface area contributed by atoms with Crippen molar-refractivity contribution in [1.29, 1.82) is 0 Å². The number of hydrogen-bond acceptors (Lipinski definition) is 3. The van der Waals surface area contributed by atoms with Crippen LogP contribution in [-0.2, 0) is 15.1 Å². The van der Waals surface area contributed by atoms with Crippen LogP contribution in [0.3, 0.4) is 0 Å². The van der Waals surface area contributed by atoms with Gasteiger partial charge in [0.2, 0.25) is 5.91 Å². The van der Waals surface area contributed by atoms with Crippen LogP contribution < -0.4 is 10.6 Å². The highest BCUT2D eigenvalue weighted by atomic mass is 79.9. The normalized spacial score (nSPS) is 16.3. The van der Waals surface area contributed by atoms with Crippen LogP contribution in [0.4, 0.5) is 5.69 Å². The third-order valence-corrected chi connectivity index (χ3v) is 6.19. The lowest BCUT2D eigenvalue weighted by Gasteiger charge is -2.38. The summed E-state index contributed by atoms with van der Waals surface area (Å²) in [6.45, 7) is 3.64.